The fraction of sp³-hybridized carbons (Fsp3) is 0.667. The van der Waals surface area contributed by atoms with Gasteiger partial charge in [0.1, 0.15) is 17.3 Å². The van der Waals surface area contributed by atoms with Crippen LogP contribution in [0.3, 0.4) is 0 Å². The molecule has 1 atom stereocenters. The molecule has 0 saturated carbocycles. The summed E-state index contributed by atoms with van der Waals surface area (Å²) in [5.74, 6) is 0.695. The Morgan fingerprint density at radius 3 is 2.89 bits per heavy atom. The Bertz CT molecular complexity index is 439. The molecule has 1 aromatic heterocycles. The van der Waals surface area contributed by atoms with Gasteiger partial charge < -0.3 is 14.7 Å². The molecule has 1 N–H and O–H groups in total. The van der Waals surface area contributed by atoms with Gasteiger partial charge in [-0.2, -0.15) is 0 Å². The van der Waals surface area contributed by atoms with Crippen LogP contribution in [-0.4, -0.2) is 39.9 Å². The van der Waals surface area contributed by atoms with Crippen molar-refractivity contribution in [2.45, 2.75) is 39.1 Å². The molecule has 0 amide bonds. The lowest BCUT2D eigenvalue weighted by atomic mass is 10.1. The number of aliphatic hydroxyl groups excluding tert-OH is 1. The van der Waals surface area contributed by atoms with Crippen molar-refractivity contribution in [2.24, 2.45) is 0 Å². The predicted molar refractivity (Wildman–Crippen MR) is 69.8 cm³/mol. The minimum atomic E-state index is -0.248. The third-order valence-corrected chi connectivity index (χ3v) is 3.22. The quantitative estimate of drug-likeness (QED) is 0.829. The number of halogens is 1. The minimum absolute atomic E-state index is 0.106. The maximum atomic E-state index is 9.40. The van der Waals surface area contributed by atoms with E-state index in [1.807, 2.05) is 20.8 Å². The molecule has 18 heavy (non-hydrogen) atoms. The lowest BCUT2D eigenvalue weighted by Gasteiger charge is -2.42. The SMILES string of the molecule is CC1CN(c2ncnc(Cl)c2CO)CC(C)(C)O1. The van der Waals surface area contributed by atoms with Crippen LogP contribution in [0.2, 0.25) is 5.15 Å². The molecule has 1 fully saturated rings. The Hall–Kier alpha value is -0.910. The van der Waals surface area contributed by atoms with Crippen LogP contribution in [-0.2, 0) is 11.3 Å². The largest absolute Gasteiger partial charge is 0.391 e. The van der Waals surface area contributed by atoms with E-state index in [1.54, 1.807) is 0 Å². The second-order valence-corrected chi connectivity index (χ2v) is 5.55. The number of nitrogens with zero attached hydrogens (tertiary/aromatic N) is 3. The summed E-state index contributed by atoms with van der Waals surface area (Å²) in [4.78, 5) is 10.2. The lowest BCUT2D eigenvalue weighted by Crippen LogP contribution is -2.52. The molecule has 1 unspecified atom stereocenters. The summed E-state index contributed by atoms with van der Waals surface area (Å²) in [7, 11) is 0. The number of aromatic nitrogens is 2. The second-order valence-electron chi connectivity index (χ2n) is 5.19. The Labute approximate surface area is 112 Å². The summed E-state index contributed by atoms with van der Waals surface area (Å²) >= 11 is 5.99. The summed E-state index contributed by atoms with van der Waals surface area (Å²) < 4.78 is 5.85. The zero-order chi connectivity index (χ0) is 13.3. The fourth-order valence-corrected chi connectivity index (χ4v) is 2.59. The molecule has 0 radical (unpaired) electrons. The van der Waals surface area contributed by atoms with Crippen molar-refractivity contribution in [3.8, 4) is 0 Å². The van der Waals surface area contributed by atoms with Gasteiger partial charge in [-0.3, -0.25) is 0 Å². The van der Waals surface area contributed by atoms with Crippen molar-refractivity contribution < 1.29 is 9.84 Å². The molecule has 1 aliphatic rings. The van der Waals surface area contributed by atoms with E-state index < -0.39 is 0 Å². The van der Waals surface area contributed by atoms with Crippen LogP contribution in [0.5, 0.6) is 0 Å². The number of anilines is 1. The van der Waals surface area contributed by atoms with Crippen LogP contribution >= 0.6 is 11.6 Å². The minimum Gasteiger partial charge on any atom is -0.391 e. The highest BCUT2D eigenvalue weighted by Crippen LogP contribution is 2.29. The number of hydrogen-bond donors (Lipinski definition) is 1. The first-order valence-corrected chi connectivity index (χ1v) is 6.34. The van der Waals surface area contributed by atoms with Crippen LogP contribution in [0, 0.1) is 0 Å². The van der Waals surface area contributed by atoms with E-state index in [0.717, 1.165) is 6.54 Å². The Morgan fingerprint density at radius 1 is 1.56 bits per heavy atom. The summed E-state index contributed by atoms with van der Waals surface area (Å²) in [6.07, 6.45) is 1.53. The first kappa shape index (κ1) is 13.5. The van der Waals surface area contributed by atoms with Crippen LogP contribution < -0.4 is 4.90 Å². The monoisotopic (exact) mass is 271 g/mol. The average molecular weight is 272 g/mol. The van der Waals surface area contributed by atoms with Gasteiger partial charge >= 0.3 is 0 Å². The number of ether oxygens (including phenoxy) is 1. The van der Waals surface area contributed by atoms with Gasteiger partial charge in [-0.1, -0.05) is 11.6 Å². The second kappa shape index (κ2) is 4.99. The Balaban J connectivity index is 2.34. The van der Waals surface area contributed by atoms with Gasteiger partial charge in [-0.05, 0) is 20.8 Å². The van der Waals surface area contributed by atoms with E-state index >= 15 is 0 Å². The van der Waals surface area contributed by atoms with Crippen LogP contribution in [0.1, 0.15) is 26.3 Å². The van der Waals surface area contributed by atoms with Gasteiger partial charge in [0.25, 0.3) is 0 Å². The van der Waals surface area contributed by atoms with Gasteiger partial charge in [-0.15, -0.1) is 0 Å². The molecule has 2 heterocycles. The molecule has 1 aromatic rings. The smallest absolute Gasteiger partial charge is 0.140 e. The van der Waals surface area contributed by atoms with Gasteiger partial charge in [0.05, 0.1) is 23.9 Å². The van der Waals surface area contributed by atoms with E-state index in [4.69, 9.17) is 16.3 Å². The van der Waals surface area contributed by atoms with Gasteiger partial charge in [0.15, 0.2) is 0 Å². The van der Waals surface area contributed by atoms with Crippen molar-refractivity contribution in [2.75, 3.05) is 18.0 Å². The average Bonchev–Trinajstić information content (AvgIpc) is 2.25. The highest BCUT2D eigenvalue weighted by atomic mass is 35.5. The van der Waals surface area contributed by atoms with Gasteiger partial charge in [0.2, 0.25) is 0 Å². The number of hydrogen-bond acceptors (Lipinski definition) is 5. The van der Waals surface area contributed by atoms with Crippen molar-refractivity contribution >= 4 is 17.4 Å². The molecule has 5 nitrogen and oxygen atoms in total. The van der Waals surface area contributed by atoms with Gasteiger partial charge in [0, 0.05) is 13.1 Å². The summed E-state index contributed by atoms with van der Waals surface area (Å²) in [6.45, 7) is 7.37. The van der Waals surface area contributed by atoms with E-state index in [2.05, 4.69) is 14.9 Å². The third-order valence-electron chi connectivity index (χ3n) is 2.90. The van der Waals surface area contributed by atoms with Crippen LogP contribution in [0.15, 0.2) is 6.33 Å². The topological polar surface area (TPSA) is 58.5 Å². The van der Waals surface area contributed by atoms with Crippen molar-refractivity contribution in [1.82, 2.24) is 9.97 Å². The van der Waals surface area contributed by atoms with Crippen molar-refractivity contribution in [3.05, 3.63) is 17.0 Å². The number of rotatable bonds is 2. The number of morpholine rings is 1. The molecule has 0 spiro atoms. The third kappa shape index (κ3) is 2.74. The summed E-state index contributed by atoms with van der Waals surface area (Å²) in [6, 6.07) is 0. The first-order valence-electron chi connectivity index (χ1n) is 5.96. The molecule has 100 valence electrons. The predicted octanol–water partition coefficient (Wildman–Crippen LogP) is 1.63. The first-order chi connectivity index (χ1) is 8.43. The van der Waals surface area contributed by atoms with Gasteiger partial charge in [-0.25, -0.2) is 9.97 Å². The zero-order valence-corrected chi connectivity index (χ0v) is 11.6. The number of aliphatic hydroxyl groups is 1. The standard InChI is InChI=1S/C12H18ClN3O2/c1-8-4-16(6-12(2,3)18-8)11-9(5-17)10(13)14-7-15-11/h7-8,17H,4-6H2,1-3H3. The Morgan fingerprint density at radius 2 is 2.28 bits per heavy atom. The maximum Gasteiger partial charge on any atom is 0.140 e. The molecule has 0 bridgehead atoms. The molecular weight excluding hydrogens is 254 g/mol. The van der Waals surface area contributed by atoms with Crippen molar-refractivity contribution in [1.29, 1.82) is 0 Å². The lowest BCUT2D eigenvalue weighted by molar-refractivity contribution is -0.0752. The van der Waals surface area contributed by atoms with E-state index in [9.17, 15) is 5.11 Å². The normalized spacial score (nSPS) is 23.2. The van der Waals surface area contributed by atoms with E-state index in [1.165, 1.54) is 6.33 Å². The van der Waals surface area contributed by atoms with E-state index in [0.29, 0.717) is 23.1 Å². The molecular formula is C12H18ClN3O2. The molecule has 0 aromatic carbocycles. The van der Waals surface area contributed by atoms with E-state index in [-0.39, 0.29) is 18.3 Å². The zero-order valence-electron chi connectivity index (χ0n) is 10.9. The van der Waals surface area contributed by atoms with Crippen molar-refractivity contribution in [3.63, 3.8) is 0 Å². The maximum absolute atomic E-state index is 9.40. The molecule has 1 aliphatic heterocycles. The fourth-order valence-electron chi connectivity index (χ4n) is 2.41. The molecule has 1 saturated heterocycles. The Kier molecular flexibility index (Phi) is 3.75. The summed E-state index contributed by atoms with van der Waals surface area (Å²) in [5, 5.41) is 9.71. The molecule has 0 aliphatic carbocycles. The van der Waals surface area contributed by atoms with Crippen LogP contribution in [0.4, 0.5) is 5.82 Å². The van der Waals surface area contributed by atoms with Crippen LogP contribution in [0.25, 0.3) is 0 Å². The molecule has 6 heteroatoms. The highest BCUT2D eigenvalue weighted by Gasteiger charge is 2.33. The summed E-state index contributed by atoms with van der Waals surface area (Å²) in [5.41, 5.74) is 0.325. The highest BCUT2D eigenvalue weighted by molar-refractivity contribution is 6.30. The molecule has 2 rings (SSSR count).